The van der Waals surface area contributed by atoms with Gasteiger partial charge in [-0.15, -0.1) is 0 Å². The predicted molar refractivity (Wildman–Crippen MR) is 91.6 cm³/mol. The summed E-state index contributed by atoms with van der Waals surface area (Å²) in [6.07, 6.45) is 1.30. The topological polar surface area (TPSA) is 81.5 Å². The Hall–Kier alpha value is -2.67. The molecule has 0 bridgehead atoms. The van der Waals surface area contributed by atoms with Crippen molar-refractivity contribution in [2.24, 2.45) is 0 Å². The van der Waals surface area contributed by atoms with E-state index in [-0.39, 0.29) is 22.1 Å². The molecule has 25 heavy (non-hydrogen) atoms. The highest BCUT2D eigenvalue weighted by molar-refractivity contribution is 6.31. The zero-order chi connectivity index (χ0) is 18.2. The molecular weight excluding hydrogens is 351 g/mol. The molecule has 0 heterocycles. The van der Waals surface area contributed by atoms with Crippen molar-refractivity contribution in [2.75, 3.05) is 13.2 Å². The summed E-state index contributed by atoms with van der Waals surface area (Å²) >= 11 is 5.72. The maximum Gasteiger partial charge on any atom is 0.283 e. The van der Waals surface area contributed by atoms with E-state index in [1.165, 1.54) is 36.4 Å². The number of unbranched alkanes of at least 4 members (excludes halogenated alkanes) is 1. The first-order chi connectivity index (χ1) is 12.0. The molecule has 1 amide bonds. The molecule has 1 N–H and O–H groups in total. The Kier molecular flexibility index (Phi) is 6.71. The standard InChI is InChI=1S/C17H16ClFN2O4/c18-12-3-8-15(16(11-12)21(23)24)17(22)20-9-1-2-10-25-14-6-4-13(19)5-7-14/h3-8,11H,1-2,9-10H2,(H,20,22). The Morgan fingerprint density at radius 3 is 2.60 bits per heavy atom. The Morgan fingerprint density at radius 1 is 1.20 bits per heavy atom. The first-order valence-electron chi connectivity index (χ1n) is 7.58. The molecule has 0 atom stereocenters. The number of amides is 1. The quantitative estimate of drug-likeness (QED) is 0.435. The van der Waals surface area contributed by atoms with Crippen LogP contribution >= 0.6 is 11.6 Å². The van der Waals surface area contributed by atoms with Crippen LogP contribution in [0.3, 0.4) is 0 Å². The van der Waals surface area contributed by atoms with Gasteiger partial charge in [-0.1, -0.05) is 11.6 Å². The molecule has 0 unspecified atom stereocenters. The molecule has 0 saturated carbocycles. The highest BCUT2D eigenvalue weighted by Crippen LogP contribution is 2.23. The molecule has 8 heteroatoms. The van der Waals surface area contributed by atoms with Crippen molar-refractivity contribution in [1.29, 1.82) is 0 Å². The third-order valence-corrected chi connectivity index (χ3v) is 3.58. The van der Waals surface area contributed by atoms with Crippen molar-refractivity contribution >= 4 is 23.2 Å². The molecule has 0 spiro atoms. The summed E-state index contributed by atoms with van der Waals surface area (Å²) in [5.41, 5.74) is -0.360. The van der Waals surface area contributed by atoms with E-state index in [9.17, 15) is 19.3 Å². The summed E-state index contributed by atoms with van der Waals surface area (Å²) in [6, 6.07) is 9.61. The second kappa shape index (κ2) is 8.98. The fourth-order valence-corrected chi connectivity index (χ4v) is 2.26. The Labute approximate surface area is 148 Å². The van der Waals surface area contributed by atoms with Gasteiger partial charge in [0.25, 0.3) is 11.6 Å². The first kappa shape index (κ1) is 18.7. The third-order valence-electron chi connectivity index (χ3n) is 3.34. The van der Waals surface area contributed by atoms with Crippen LogP contribution in [0.5, 0.6) is 5.75 Å². The maximum absolute atomic E-state index is 12.7. The number of nitro groups is 1. The van der Waals surface area contributed by atoms with Gasteiger partial charge < -0.3 is 10.1 Å². The molecular formula is C17H16ClFN2O4. The third kappa shape index (κ3) is 5.72. The number of carbonyl (C=O) groups is 1. The van der Waals surface area contributed by atoms with Crippen LogP contribution in [-0.2, 0) is 0 Å². The average Bonchev–Trinajstić information content (AvgIpc) is 2.59. The minimum atomic E-state index is -0.642. The molecule has 0 saturated heterocycles. The van der Waals surface area contributed by atoms with Crippen LogP contribution in [-0.4, -0.2) is 24.0 Å². The van der Waals surface area contributed by atoms with Gasteiger partial charge >= 0.3 is 0 Å². The van der Waals surface area contributed by atoms with E-state index in [4.69, 9.17) is 16.3 Å². The van der Waals surface area contributed by atoms with E-state index >= 15 is 0 Å². The van der Waals surface area contributed by atoms with Crippen molar-refractivity contribution in [1.82, 2.24) is 5.32 Å². The first-order valence-corrected chi connectivity index (χ1v) is 7.95. The molecule has 0 aliphatic carbocycles. The summed E-state index contributed by atoms with van der Waals surface area (Å²) in [6.45, 7) is 0.772. The number of nitro benzene ring substituents is 1. The van der Waals surface area contributed by atoms with E-state index in [0.29, 0.717) is 31.7 Å². The number of benzene rings is 2. The molecule has 2 rings (SSSR count). The average molecular weight is 367 g/mol. The second-order valence-electron chi connectivity index (χ2n) is 5.18. The second-order valence-corrected chi connectivity index (χ2v) is 5.62. The van der Waals surface area contributed by atoms with Crippen LogP contribution in [0.4, 0.5) is 10.1 Å². The van der Waals surface area contributed by atoms with Crippen molar-refractivity contribution < 1.29 is 18.8 Å². The fraction of sp³-hybridized carbons (Fsp3) is 0.235. The monoisotopic (exact) mass is 366 g/mol. The molecule has 2 aromatic rings. The Bertz CT molecular complexity index is 753. The van der Waals surface area contributed by atoms with Gasteiger partial charge in [0.05, 0.1) is 11.5 Å². The molecule has 2 aromatic carbocycles. The lowest BCUT2D eigenvalue weighted by Crippen LogP contribution is -2.25. The summed E-state index contributed by atoms with van der Waals surface area (Å²) in [7, 11) is 0. The lowest BCUT2D eigenvalue weighted by molar-refractivity contribution is -0.385. The van der Waals surface area contributed by atoms with Crippen LogP contribution < -0.4 is 10.1 Å². The number of hydrogen-bond donors (Lipinski definition) is 1. The molecule has 0 aliphatic rings. The van der Waals surface area contributed by atoms with Crippen molar-refractivity contribution in [3.8, 4) is 5.75 Å². The van der Waals surface area contributed by atoms with Crippen LogP contribution in [0.1, 0.15) is 23.2 Å². The number of hydrogen-bond acceptors (Lipinski definition) is 4. The lowest BCUT2D eigenvalue weighted by Gasteiger charge is -2.08. The number of nitrogens with zero attached hydrogens (tertiary/aromatic N) is 1. The number of carbonyl (C=O) groups excluding carboxylic acids is 1. The SMILES string of the molecule is O=C(NCCCCOc1ccc(F)cc1)c1ccc(Cl)cc1[N+](=O)[O-]. The number of nitrogens with one attached hydrogen (secondary N) is 1. The van der Waals surface area contributed by atoms with E-state index in [1.807, 2.05) is 0 Å². The molecule has 0 radical (unpaired) electrons. The van der Waals surface area contributed by atoms with E-state index < -0.39 is 10.8 Å². The summed E-state index contributed by atoms with van der Waals surface area (Å²) in [4.78, 5) is 22.4. The maximum atomic E-state index is 12.7. The molecule has 0 aliphatic heterocycles. The van der Waals surface area contributed by atoms with Gasteiger partial charge in [0.15, 0.2) is 0 Å². The minimum absolute atomic E-state index is 0.0306. The van der Waals surface area contributed by atoms with Crippen LogP contribution in [0.25, 0.3) is 0 Å². The van der Waals surface area contributed by atoms with Gasteiger partial charge in [-0.05, 0) is 49.2 Å². The molecule has 132 valence electrons. The van der Waals surface area contributed by atoms with Gasteiger partial charge in [0, 0.05) is 17.6 Å². The van der Waals surface area contributed by atoms with Crippen molar-refractivity contribution in [3.63, 3.8) is 0 Å². The Morgan fingerprint density at radius 2 is 1.92 bits per heavy atom. The van der Waals surface area contributed by atoms with Crippen LogP contribution in [0.15, 0.2) is 42.5 Å². The van der Waals surface area contributed by atoms with E-state index in [1.54, 1.807) is 0 Å². The van der Waals surface area contributed by atoms with Crippen LogP contribution in [0, 0.1) is 15.9 Å². The van der Waals surface area contributed by atoms with E-state index in [2.05, 4.69) is 5.32 Å². The summed E-state index contributed by atoms with van der Waals surface area (Å²) < 4.78 is 18.2. The normalized spacial score (nSPS) is 10.3. The van der Waals surface area contributed by atoms with Gasteiger partial charge in [-0.25, -0.2) is 4.39 Å². The van der Waals surface area contributed by atoms with Crippen molar-refractivity contribution in [3.05, 3.63) is 69.0 Å². The molecule has 0 fully saturated rings. The van der Waals surface area contributed by atoms with E-state index in [0.717, 1.165) is 6.07 Å². The van der Waals surface area contributed by atoms with Crippen LogP contribution in [0.2, 0.25) is 5.02 Å². The number of ether oxygens (including phenoxy) is 1. The van der Waals surface area contributed by atoms with Gasteiger partial charge in [-0.3, -0.25) is 14.9 Å². The number of halogens is 2. The smallest absolute Gasteiger partial charge is 0.283 e. The number of rotatable bonds is 8. The molecule has 6 nitrogen and oxygen atoms in total. The highest BCUT2D eigenvalue weighted by Gasteiger charge is 2.20. The zero-order valence-corrected chi connectivity index (χ0v) is 14.0. The highest BCUT2D eigenvalue weighted by atomic mass is 35.5. The zero-order valence-electron chi connectivity index (χ0n) is 13.2. The summed E-state index contributed by atoms with van der Waals surface area (Å²) in [5, 5.41) is 13.8. The van der Waals surface area contributed by atoms with Gasteiger partial charge in [0.2, 0.25) is 0 Å². The largest absolute Gasteiger partial charge is 0.494 e. The minimum Gasteiger partial charge on any atom is -0.494 e. The summed E-state index contributed by atoms with van der Waals surface area (Å²) in [5.74, 6) is -0.281. The van der Waals surface area contributed by atoms with Gasteiger partial charge in [0.1, 0.15) is 17.1 Å². The lowest BCUT2D eigenvalue weighted by atomic mass is 10.1. The Balaban J connectivity index is 1.74. The van der Waals surface area contributed by atoms with Gasteiger partial charge in [-0.2, -0.15) is 0 Å². The van der Waals surface area contributed by atoms with Crippen molar-refractivity contribution in [2.45, 2.75) is 12.8 Å². The molecule has 0 aromatic heterocycles. The predicted octanol–water partition coefficient (Wildman–Crippen LogP) is 3.98. The fourth-order valence-electron chi connectivity index (χ4n) is 2.09.